The summed E-state index contributed by atoms with van der Waals surface area (Å²) in [5.74, 6) is 1.42. The molecule has 3 aromatic carbocycles. The maximum Gasteiger partial charge on any atom is 0.255 e. The summed E-state index contributed by atoms with van der Waals surface area (Å²) in [5, 5.41) is 2.92. The zero-order chi connectivity index (χ0) is 19.3. The van der Waals surface area contributed by atoms with Gasteiger partial charge in [0, 0.05) is 16.8 Å². The molecule has 0 saturated carbocycles. The van der Waals surface area contributed by atoms with Crippen LogP contribution < -0.4 is 10.1 Å². The van der Waals surface area contributed by atoms with Gasteiger partial charge in [0.15, 0.2) is 0 Å². The van der Waals surface area contributed by atoms with Crippen molar-refractivity contribution < 1.29 is 9.53 Å². The molecule has 0 unspecified atom stereocenters. The van der Waals surface area contributed by atoms with E-state index in [-0.39, 0.29) is 5.91 Å². The van der Waals surface area contributed by atoms with Crippen LogP contribution in [0.3, 0.4) is 0 Å². The van der Waals surface area contributed by atoms with Crippen LogP contribution in [-0.2, 0) is 0 Å². The Hall–Kier alpha value is -3.60. The molecule has 0 aliphatic carbocycles. The number of nitrogens with one attached hydrogen (secondary N) is 2. The number of H-pyrrole nitrogens is 1. The first kappa shape index (κ1) is 17.8. The molecule has 0 aliphatic heterocycles. The van der Waals surface area contributed by atoms with Gasteiger partial charge in [-0.2, -0.15) is 0 Å². The van der Waals surface area contributed by atoms with Crippen LogP contribution in [0.4, 0.5) is 5.69 Å². The van der Waals surface area contributed by atoms with Gasteiger partial charge in [0.05, 0.1) is 17.6 Å². The molecule has 0 saturated heterocycles. The van der Waals surface area contributed by atoms with E-state index < -0.39 is 0 Å². The molecule has 0 radical (unpaired) electrons. The Morgan fingerprint density at radius 1 is 1.00 bits per heavy atom. The van der Waals surface area contributed by atoms with E-state index in [2.05, 4.69) is 22.2 Å². The highest BCUT2D eigenvalue weighted by molar-refractivity contribution is 6.04. The number of aromatic amines is 1. The molecule has 5 nitrogen and oxygen atoms in total. The lowest BCUT2D eigenvalue weighted by molar-refractivity contribution is 0.102. The maximum absolute atomic E-state index is 12.4. The second-order valence-electron chi connectivity index (χ2n) is 6.51. The number of fused-ring (bicyclic) bond motifs is 1. The van der Waals surface area contributed by atoms with Crippen molar-refractivity contribution >= 4 is 22.6 Å². The number of ether oxygens (including phenoxy) is 1. The number of hydrogen-bond acceptors (Lipinski definition) is 3. The smallest absolute Gasteiger partial charge is 0.255 e. The van der Waals surface area contributed by atoms with Crippen molar-refractivity contribution in [2.45, 2.75) is 13.3 Å². The van der Waals surface area contributed by atoms with E-state index in [1.807, 2.05) is 60.7 Å². The lowest BCUT2D eigenvalue weighted by atomic mass is 10.1. The molecule has 0 aliphatic rings. The van der Waals surface area contributed by atoms with Crippen LogP contribution in [0.15, 0.2) is 72.8 Å². The van der Waals surface area contributed by atoms with Crippen molar-refractivity contribution in [1.82, 2.24) is 9.97 Å². The standard InChI is InChI=1S/C23H21N3O2/c1-2-15-28-19-13-9-17(10-14-19)23(27)24-18-11-7-16(8-12-18)22-25-20-5-3-4-6-21(20)26-22/h3-14H,2,15H2,1H3,(H,24,27)(H,25,26). The first-order valence-electron chi connectivity index (χ1n) is 9.32. The number of anilines is 1. The Balaban J connectivity index is 1.44. The van der Waals surface area contributed by atoms with Gasteiger partial charge in [0.2, 0.25) is 0 Å². The van der Waals surface area contributed by atoms with E-state index in [1.54, 1.807) is 12.1 Å². The highest BCUT2D eigenvalue weighted by atomic mass is 16.5. The largest absolute Gasteiger partial charge is 0.494 e. The summed E-state index contributed by atoms with van der Waals surface area (Å²) in [5.41, 5.74) is 4.22. The first-order chi connectivity index (χ1) is 13.7. The topological polar surface area (TPSA) is 67.0 Å². The third-order valence-electron chi connectivity index (χ3n) is 4.39. The lowest BCUT2D eigenvalue weighted by Crippen LogP contribution is -2.11. The predicted molar refractivity (Wildman–Crippen MR) is 112 cm³/mol. The van der Waals surface area contributed by atoms with E-state index in [0.717, 1.165) is 40.3 Å². The highest BCUT2D eigenvalue weighted by Gasteiger charge is 2.08. The molecule has 0 atom stereocenters. The molecule has 2 N–H and O–H groups in total. The fraction of sp³-hybridized carbons (Fsp3) is 0.130. The zero-order valence-electron chi connectivity index (χ0n) is 15.6. The number of imidazole rings is 1. The number of para-hydroxylation sites is 2. The average molecular weight is 371 g/mol. The van der Waals surface area contributed by atoms with E-state index >= 15 is 0 Å². The molecule has 0 spiro atoms. The van der Waals surface area contributed by atoms with Crippen LogP contribution >= 0.6 is 0 Å². The van der Waals surface area contributed by atoms with Gasteiger partial charge in [-0.1, -0.05) is 19.1 Å². The molecule has 1 amide bonds. The van der Waals surface area contributed by atoms with E-state index in [9.17, 15) is 4.79 Å². The normalized spacial score (nSPS) is 10.8. The summed E-state index contributed by atoms with van der Waals surface area (Å²) in [6.45, 7) is 2.73. The summed E-state index contributed by atoms with van der Waals surface area (Å²) in [6, 6.07) is 22.7. The first-order valence-corrected chi connectivity index (χ1v) is 9.32. The number of hydrogen-bond donors (Lipinski definition) is 2. The molecular weight excluding hydrogens is 350 g/mol. The minimum Gasteiger partial charge on any atom is -0.494 e. The third kappa shape index (κ3) is 3.88. The minimum atomic E-state index is -0.154. The monoisotopic (exact) mass is 371 g/mol. The summed E-state index contributed by atoms with van der Waals surface area (Å²) < 4.78 is 5.54. The van der Waals surface area contributed by atoms with Gasteiger partial charge >= 0.3 is 0 Å². The number of aromatic nitrogens is 2. The SMILES string of the molecule is CCCOc1ccc(C(=O)Nc2ccc(-c3nc4ccccc4[nH]3)cc2)cc1. The zero-order valence-corrected chi connectivity index (χ0v) is 15.6. The molecule has 4 aromatic rings. The number of carbonyl (C=O) groups is 1. The van der Waals surface area contributed by atoms with Gasteiger partial charge in [0.1, 0.15) is 11.6 Å². The van der Waals surface area contributed by atoms with Crippen molar-refractivity contribution in [2.24, 2.45) is 0 Å². The van der Waals surface area contributed by atoms with Gasteiger partial charge in [-0.05, 0) is 67.1 Å². The Bertz CT molecular complexity index is 1050. The molecule has 140 valence electrons. The fourth-order valence-electron chi connectivity index (χ4n) is 2.93. The third-order valence-corrected chi connectivity index (χ3v) is 4.39. The van der Waals surface area contributed by atoms with Crippen LogP contribution in [-0.4, -0.2) is 22.5 Å². The molecule has 1 heterocycles. The van der Waals surface area contributed by atoms with Gasteiger partial charge < -0.3 is 15.0 Å². The van der Waals surface area contributed by atoms with Gasteiger partial charge in [-0.3, -0.25) is 4.79 Å². The summed E-state index contributed by atoms with van der Waals surface area (Å²) in [6.07, 6.45) is 0.951. The lowest BCUT2D eigenvalue weighted by Gasteiger charge is -2.08. The van der Waals surface area contributed by atoms with Crippen LogP contribution in [0.5, 0.6) is 5.75 Å². The summed E-state index contributed by atoms with van der Waals surface area (Å²) in [4.78, 5) is 20.3. The van der Waals surface area contributed by atoms with Crippen LogP contribution in [0, 0.1) is 0 Å². The molecular formula is C23H21N3O2. The van der Waals surface area contributed by atoms with E-state index in [4.69, 9.17) is 4.74 Å². The Labute approximate surface area is 163 Å². The summed E-state index contributed by atoms with van der Waals surface area (Å²) >= 11 is 0. The highest BCUT2D eigenvalue weighted by Crippen LogP contribution is 2.22. The number of carbonyl (C=O) groups excluding carboxylic acids is 1. The van der Waals surface area contributed by atoms with Crippen LogP contribution in [0.2, 0.25) is 0 Å². The van der Waals surface area contributed by atoms with E-state index in [0.29, 0.717) is 12.2 Å². The molecule has 28 heavy (non-hydrogen) atoms. The van der Waals surface area contributed by atoms with Crippen molar-refractivity contribution in [1.29, 1.82) is 0 Å². The van der Waals surface area contributed by atoms with Gasteiger partial charge in [0.25, 0.3) is 5.91 Å². The molecule has 0 bridgehead atoms. The summed E-state index contributed by atoms with van der Waals surface area (Å²) in [7, 11) is 0. The van der Waals surface area contributed by atoms with Crippen LogP contribution in [0.1, 0.15) is 23.7 Å². The molecule has 5 heteroatoms. The fourth-order valence-corrected chi connectivity index (χ4v) is 2.93. The number of amides is 1. The Kier molecular flexibility index (Phi) is 5.06. The van der Waals surface area contributed by atoms with E-state index in [1.165, 1.54) is 0 Å². The van der Waals surface area contributed by atoms with Crippen molar-refractivity contribution in [3.63, 3.8) is 0 Å². The van der Waals surface area contributed by atoms with Crippen molar-refractivity contribution in [3.05, 3.63) is 78.4 Å². The second-order valence-corrected chi connectivity index (χ2v) is 6.51. The molecule has 4 rings (SSSR count). The van der Waals surface area contributed by atoms with Crippen molar-refractivity contribution in [3.8, 4) is 17.1 Å². The Morgan fingerprint density at radius 2 is 1.75 bits per heavy atom. The maximum atomic E-state index is 12.4. The number of nitrogens with zero attached hydrogens (tertiary/aromatic N) is 1. The number of rotatable bonds is 6. The quantitative estimate of drug-likeness (QED) is 0.485. The van der Waals surface area contributed by atoms with Gasteiger partial charge in [-0.25, -0.2) is 4.98 Å². The Morgan fingerprint density at radius 3 is 2.46 bits per heavy atom. The molecule has 0 fully saturated rings. The predicted octanol–water partition coefficient (Wildman–Crippen LogP) is 5.27. The number of benzene rings is 3. The molecule has 1 aromatic heterocycles. The minimum absolute atomic E-state index is 0.154. The average Bonchev–Trinajstić information content (AvgIpc) is 3.17. The van der Waals surface area contributed by atoms with Crippen LogP contribution in [0.25, 0.3) is 22.4 Å². The van der Waals surface area contributed by atoms with Crippen molar-refractivity contribution in [2.75, 3.05) is 11.9 Å². The second kappa shape index (κ2) is 7.96. The van der Waals surface area contributed by atoms with Gasteiger partial charge in [-0.15, -0.1) is 0 Å².